The SMILES string of the molecule is C[C@@H](O)CCN(C)C(=O)N[C@H](C)c1ccc2c(c1)CCC2. The lowest BCUT2D eigenvalue weighted by atomic mass is 10.0. The summed E-state index contributed by atoms with van der Waals surface area (Å²) >= 11 is 0. The maximum atomic E-state index is 12.1. The number of aliphatic hydroxyl groups excluding tert-OH is 1. The van der Waals surface area contributed by atoms with Crippen molar-refractivity contribution in [2.45, 2.75) is 51.7 Å². The van der Waals surface area contributed by atoms with Gasteiger partial charge in [-0.3, -0.25) is 0 Å². The molecule has 0 bridgehead atoms. The van der Waals surface area contributed by atoms with Gasteiger partial charge >= 0.3 is 6.03 Å². The molecule has 1 aliphatic carbocycles. The number of urea groups is 1. The molecular weight excluding hydrogens is 264 g/mol. The van der Waals surface area contributed by atoms with E-state index in [1.165, 1.54) is 24.0 Å². The Kier molecular flexibility index (Phi) is 5.23. The van der Waals surface area contributed by atoms with E-state index < -0.39 is 0 Å². The number of carbonyl (C=O) groups is 1. The number of aryl methyl sites for hydroxylation is 2. The van der Waals surface area contributed by atoms with E-state index in [9.17, 15) is 9.90 Å². The van der Waals surface area contributed by atoms with Gasteiger partial charge in [-0.15, -0.1) is 0 Å². The summed E-state index contributed by atoms with van der Waals surface area (Å²) in [4.78, 5) is 13.7. The van der Waals surface area contributed by atoms with Crippen LogP contribution in [0.25, 0.3) is 0 Å². The van der Waals surface area contributed by atoms with Crippen molar-refractivity contribution in [3.05, 3.63) is 34.9 Å². The summed E-state index contributed by atoms with van der Waals surface area (Å²) in [5.41, 5.74) is 4.04. The molecule has 0 spiro atoms. The van der Waals surface area contributed by atoms with Gasteiger partial charge in [0.2, 0.25) is 0 Å². The zero-order chi connectivity index (χ0) is 15.4. The van der Waals surface area contributed by atoms with Crippen LogP contribution in [-0.4, -0.2) is 35.7 Å². The number of benzene rings is 1. The molecule has 0 saturated carbocycles. The predicted octanol–water partition coefficient (Wildman–Crippen LogP) is 2.65. The first kappa shape index (κ1) is 15.8. The van der Waals surface area contributed by atoms with E-state index in [2.05, 4.69) is 23.5 Å². The molecule has 4 nitrogen and oxygen atoms in total. The summed E-state index contributed by atoms with van der Waals surface area (Å²) in [5.74, 6) is 0. The Balaban J connectivity index is 1.91. The summed E-state index contributed by atoms with van der Waals surface area (Å²) in [5, 5.41) is 12.3. The van der Waals surface area contributed by atoms with E-state index in [0.717, 1.165) is 12.0 Å². The third-order valence-electron chi connectivity index (χ3n) is 4.19. The van der Waals surface area contributed by atoms with Crippen LogP contribution >= 0.6 is 0 Å². The minimum atomic E-state index is -0.380. The van der Waals surface area contributed by atoms with Crippen LogP contribution in [0, 0.1) is 0 Å². The van der Waals surface area contributed by atoms with Gasteiger partial charge in [0.1, 0.15) is 0 Å². The van der Waals surface area contributed by atoms with Crippen LogP contribution in [0.2, 0.25) is 0 Å². The summed E-state index contributed by atoms with van der Waals surface area (Å²) in [6, 6.07) is 6.44. The number of amides is 2. The van der Waals surface area contributed by atoms with Crippen molar-refractivity contribution in [2.24, 2.45) is 0 Å². The molecule has 1 aromatic rings. The molecule has 2 atom stereocenters. The van der Waals surface area contributed by atoms with Crippen molar-refractivity contribution in [2.75, 3.05) is 13.6 Å². The molecule has 0 saturated heterocycles. The summed E-state index contributed by atoms with van der Waals surface area (Å²) < 4.78 is 0. The first-order valence-electron chi connectivity index (χ1n) is 7.78. The first-order valence-corrected chi connectivity index (χ1v) is 7.78. The molecule has 0 unspecified atom stereocenters. The number of nitrogens with one attached hydrogen (secondary N) is 1. The third kappa shape index (κ3) is 4.21. The van der Waals surface area contributed by atoms with Gasteiger partial charge in [-0.05, 0) is 56.2 Å². The number of nitrogens with zero attached hydrogens (tertiary/aromatic N) is 1. The summed E-state index contributed by atoms with van der Waals surface area (Å²) in [6.45, 7) is 4.30. The fourth-order valence-corrected chi connectivity index (χ4v) is 2.72. The molecule has 116 valence electrons. The van der Waals surface area contributed by atoms with Crippen molar-refractivity contribution >= 4 is 6.03 Å². The fraction of sp³-hybridized carbons (Fsp3) is 0.588. The molecule has 0 fully saturated rings. The van der Waals surface area contributed by atoms with Crippen LogP contribution in [0.1, 0.15) is 49.4 Å². The van der Waals surface area contributed by atoms with Crippen LogP contribution in [0.4, 0.5) is 4.79 Å². The van der Waals surface area contributed by atoms with Gasteiger partial charge in [-0.25, -0.2) is 4.79 Å². The fourth-order valence-electron chi connectivity index (χ4n) is 2.72. The highest BCUT2D eigenvalue weighted by molar-refractivity contribution is 5.74. The van der Waals surface area contributed by atoms with E-state index >= 15 is 0 Å². The van der Waals surface area contributed by atoms with Gasteiger partial charge < -0.3 is 15.3 Å². The molecule has 21 heavy (non-hydrogen) atoms. The normalized spacial score (nSPS) is 16.2. The number of carbonyl (C=O) groups excluding carboxylic acids is 1. The first-order chi connectivity index (χ1) is 9.97. The highest BCUT2D eigenvalue weighted by Gasteiger charge is 2.16. The van der Waals surface area contributed by atoms with Gasteiger partial charge in [0.25, 0.3) is 0 Å². The summed E-state index contributed by atoms with van der Waals surface area (Å²) in [6.07, 6.45) is 3.78. The van der Waals surface area contributed by atoms with E-state index in [1.807, 2.05) is 6.92 Å². The highest BCUT2D eigenvalue weighted by Crippen LogP contribution is 2.25. The van der Waals surface area contributed by atoms with Crippen LogP contribution in [0.15, 0.2) is 18.2 Å². The van der Waals surface area contributed by atoms with Crippen LogP contribution in [0.3, 0.4) is 0 Å². The van der Waals surface area contributed by atoms with Crippen LogP contribution in [-0.2, 0) is 12.8 Å². The monoisotopic (exact) mass is 290 g/mol. The van der Waals surface area contributed by atoms with Crippen molar-refractivity contribution < 1.29 is 9.90 Å². The third-order valence-corrected chi connectivity index (χ3v) is 4.19. The summed E-state index contributed by atoms with van der Waals surface area (Å²) in [7, 11) is 1.76. The molecule has 0 aliphatic heterocycles. The quantitative estimate of drug-likeness (QED) is 0.876. The smallest absolute Gasteiger partial charge is 0.317 e. The zero-order valence-electron chi connectivity index (χ0n) is 13.2. The molecular formula is C17H26N2O2. The van der Waals surface area contributed by atoms with Crippen molar-refractivity contribution in [3.63, 3.8) is 0 Å². The molecule has 1 aromatic carbocycles. The maximum Gasteiger partial charge on any atom is 0.317 e. The number of hydrogen-bond acceptors (Lipinski definition) is 2. The Hall–Kier alpha value is -1.55. The van der Waals surface area contributed by atoms with E-state index in [0.29, 0.717) is 13.0 Å². The van der Waals surface area contributed by atoms with E-state index in [4.69, 9.17) is 0 Å². The standard InChI is InChI=1S/C17H26N2O2/c1-12(20)9-10-19(3)17(21)18-13(2)15-8-7-14-5-4-6-16(14)11-15/h7-8,11-13,20H,4-6,9-10H2,1-3H3,(H,18,21)/t12-,13-/m1/s1. The van der Waals surface area contributed by atoms with Crippen LogP contribution in [0.5, 0.6) is 0 Å². The Bertz CT molecular complexity index is 500. The number of aliphatic hydroxyl groups is 1. The molecule has 2 N–H and O–H groups in total. The Morgan fingerprint density at radius 1 is 1.33 bits per heavy atom. The maximum absolute atomic E-state index is 12.1. The Labute approximate surface area is 127 Å². The average molecular weight is 290 g/mol. The number of rotatable bonds is 5. The Morgan fingerprint density at radius 2 is 2.05 bits per heavy atom. The van der Waals surface area contributed by atoms with Gasteiger partial charge in [-0.1, -0.05) is 18.2 Å². The van der Waals surface area contributed by atoms with Gasteiger partial charge in [0, 0.05) is 13.6 Å². The largest absolute Gasteiger partial charge is 0.393 e. The lowest BCUT2D eigenvalue weighted by Gasteiger charge is -2.22. The lowest BCUT2D eigenvalue weighted by Crippen LogP contribution is -2.39. The second kappa shape index (κ2) is 6.94. The van der Waals surface area contributed by atoms with Crippen molar-refractivity contribution in [1.82, 2.24) is 10.2 Å². The van der Waals surface area contributed by atoms with Crippen LogP contribution < -0.4 is 5.32 Å². The van der Waals surface area contributed by atoms with Gasteiger partial charge in [0.05, 0.1) is 12.1 Å². The lowest BCUT2D eigenvalue weighted by molar-refractivity contribution is 0.162. The second-order valence-corrected chi connectivity index (χ2v) is 6.11. The Morgan fingerprint density at radius 3 is 2.76 bits per heavy atom. The molecule has 4 heteroatoms. The van der Waals surface area contributed by atoms with Gasteiger partial charge in [-0.2, -0.15) is 0 Å². The topological polar surface area (TPSA) is 52.6 Å². The molecule has 2 amide bonds. The molecule has 0 heterocycles. The van der Waals surface area contributed by atoms with E-state index in [1.54, 1.807) is 18.9 Å². The van der Waals surface area contributed by atoms with E-state index in [-0.39, 0.29) is 18.2 Å². The molecule has 2 rings (SSSR count). The highest BCUT2D eigenvalue weighted by atomic mass is 16.3. The molecule has 0 radical (unpaired) electrons. The zero-order valence-corrected chi connectivity index (χ0v) is 13.2. The minimum Gasteiger partial charge on any atom is -0.393 e. The molecule has 1 aliphatic rings. The van der Waals surface area contributed by atoms with Crippen molar-refractivity contribution in [1.29, 1.82) is 0 Å². The molecule has 0 aromatic heterocycles. The number of hydrogen-bond donors (Lipinski definition) is 2. The number of fused-ring (bicyclic) bond motifs is 1. The predicted molar refractivity (Wildman–Crippen MR) is 84.3 cm³/mol. The van der Waals surface area contributed by atoms with Gasteiger partial charge in [0.15, 0.2) is 0 Å². The average Bonchev–Trinajstić information content (AvgIpc) is 2.91. The van der Waals surface area contributed by atoms with Crippen molar-refractivity contribution in [3.8, 4) is 0 Å². The second-order valence-electron chi connectivity index (χ2n) is 6.11. The minimum absolute atomic E-state index is 0.00241.